The molecular formula is C48H86N8O11. The predicted octanol–water partition coefficient (Wildman–Crippen LogP) is 2.96. The van der Waals surface area contributed by atoms with Gasteiger partial charge in [-0.3, -0.25) is 43.2 Å². The first kappa shape index (κ1) is 60.4. The lowest BCUT2D eigenvalue weighted by Crippen LogP contribution is -2.59. The number of likely N-dealkylation sites (tertiary alicyclic amines) is 1. The van der Waals surface area contributed by atoms with Gasteiger partial charge >= 0.3 is 0 Å². The molecule has 19 nitrogen and oxygen atoms in total. The Bertz CT molecular complexity index is 1580. The van der Waals surface area contributed by atoms with Crippen LogP contribution >= 0.6 is 0 Å². The fourth-order valence-corrected chi connectivity index (χ4v) is 7.78. The van der Waals surface area contributed by atoms with Crippen LogP contribution in [0.15, 0.2) is 0 Å². The molecule has 0 spiro atoms. The third-order valence-electron chi connectivity index (χ3n) is 12.1. The molecule has 1 aliphatic rings. The second-order valence-corrected chi connectivity index (χ2v) is 17.9. The predicted molar refractivity (Wildman–Crippen MR) is 255 cm³/mol. The molecule has 1 rings (SSSR count). The number of hydrogen-bond donors (Lipinski definition) is 6. The number of nitrogens with one attached hydrogen (secondary N) is 6. The fourth-order valence-electron chi connectivity index (χ4n) is 7.78. The highest BCUT2D eigenvalue weighted by atomic mass is 16.5. The number of amides is 8. The largest absolute Gasteiger partial charge is 0.379 e. The van der Waals surface area contributed by atoms with Crippen LogP contribution in [0.25, 0.3) is 0 Å². The van der Waals surface area contributed by atoms with Crippen LogP contribution in [0, 0.1) is 0 Å². The van der Waals surface area contributed by atoms with Crippen molar-refractivity contribution < 1.29 is 52.6 Å². The number of hydrogen-bond acceptors (Lipinski definition) is 11. The van der Waals surface area contributed by atoms with Crippen LogP contribution in [0.5, 0.6) is 0 Å². The average molecular weight is 951 g/mol. The Morgan fingerprint density at radius 1 is 0.701 bits per heavy atom. The SMILES string of the molecule is CCCCCCCCCCCCCC(=O)N[C@H](COCCCC)C(=O)N[C@H](C)C(=O)NCC(=O)N(C)[C@H](C(=O)N[C@@H](C)C(=O)N[C@H]1CC(C)N(C(C)C(=O)C(=O)NC)C1=O)C(C)OCCCC. The number of ether oxygens (including phenoxy) is 2. The quantitative estimate of drug-likeness (QED) is 0.0394. The molecular weight excluding hydrogens is 865 g/mol. The number of rotatable bonds is 36. The molecule has 8 amide bonds. The van der Waals surface area contributed by atoms with Crippen molar-refractivity contribution >= 4 is 53.0 Å². The summed E-state index contributed by atoms with van der Waals surface area (Å²) in [6, 6.07) is -7.12. The van der Waals surface area contributed by atoms with E-state index in [1.807, 2.05) is 13.8 Å². The van der Waals surface area contributed by atoms with Crippen molar-refractivity contribution in [1.29, 1.82) is 0 Å². The van der Waals surface area contributed by atoms with Crippen LogP contribution in [0.4, 0.5) is 0 Å². The third kappa shape index (κ3) is 22.3. The number of carbonyl (C=O) groups excluding carboxylic acids is 9. The van der Waals surface area contributed by atoms with E-state index in [9.17, 15) is 43.2 Å². The highest BCUT2D eigenvalue weighted by molar-refractivity contribution is 6.38. The topological polar surface area (TPSA) is 251 Å². The molecule has 19 heteroatoms. The molecule has 3 unspecified atom stereocenters. The minimum absolute atomic E-state index is 0.0754. The van der Waals surface area contributed by atoms with Gasteiger partial charge < -0.3 is 51.2 Å². The summed E-state index contributed by atoms with van der Waals surface area (Å²) in [5.41, 5.74) is 0. The molecule has 0 bridgehead atoms. The van der Waals surface area contributed by atoms with E-state index in [-0.39, 0.29) is 32.0 Å². The fraction of sp³-hybridized carbons (Fsp3) is 0.812. The molecule has 8 atom stereocenters. The maximum absolute atomic E-state index is 13.8. The van der Waals surface area contributed by atoms with Gasteiger partial charge in [0.1, 0.15) is 30.2 Å². The lowest BCUT2D eigenvalue weighted by molar-refractivity contribution is -0.146. The minimum Gasteiger partial charge on any atom is -0.379 e. The molecule has 1 fully saturated rings. The Morgan fingerprint density at radius 2 is 1.24 bits per heavy atom. The number of likely N-dealkylation sites (N-methyl/N-ethyl adjacent to an activating group) is 2. The first-order chi connectivity index (χ1) is 31.9. The van der Waals surface area contributed by atoms with Crippen LogP contribution in [0.2, 0.25) is 0 Å². The lowest BCUT2D eigenvalue weighted by Gasteiger charge is -2.33. The van der Waals surface area contributed by atoms with Gasteiger partial charge in [-0.05, 0) is 60.3 Å². The van der Waals surface area contributed by atoms with Crippen molar-refractivity contribution in [3.63, 3.8) is 0 Å². The standard InChI is InChI=1S/C48H86N8O11/c1-11-14-17-18-19-20-21-22-23-24-25-26-39(57)53-38(31-66-27-15-12-2)45(62)51-33(5)43(60)50-30-40(58)55(10)41(36(8)67-28-16-13-3)46(63)52-34(6)44(61)54-37-29-32(4)56(48(37)65)35(7)42(59)47(64)49-9/h32-38,41H,11-31H2,1-10H3,(H,49,64)(H,50,60)(H,51,62)(H,52,63)(H,53,57)(H,54,61)/t32?,33-,34+,35?,36?,37+,38-,41+/m1/s1. The number of Topliss-reactive ketones (excluding diaryl/α,β-unsaturated/α-hetero) is 1. The van der Waals surface area contributed by atoms with E-state index >= 15 is 0 Å². The highest BCUT2D eigenvalue weighted by Crippen LogP contribution is 2.23. The van der Waals surface area contributed by atoms with Crippen molar-refractivity contribution in [3.8, 4) is 0 Å². The zero-order valence-corrected chi connectivity index (χ0v) is 42.4. The van der Waals surface area contributed by atoms with Gasteiger partial charge in [0.15, 0.2) is 0 Å². The number of ketones is 1. The zero-order valence-electron chi connectivity index (χ0n) is 42.4. The van der Waals surface area contributed by atoms with Crippen molar-refractivity contribution in [2.45, 2.75) is 213 Å². The van der Waals surface area contributed by atoms with Crippen LogP contribution in [0.3, 0.4) is 0 Å². The molecule has 0 saturated carbocycles. The lowest BCUT2D eigenvalue weighted by atomic mass is 10.1. The molecule has 1 saturated heterocycles. The summed E-state index contributed by atoms with van der Waals surface area (Å²) in [6.07, 6.45) is 15.4. The van der Waals surface area contributed by atoms with Gasteiger partial charge in [0.2, 0.25) is 47.1 Å². The first-order valence-corrected chi connectivity index (χ1v) is 24.9. The van der Waals surface area contributed by atoms with Crippen molar-refractivity contribution in [1.82, 2.24) is 41.7 Å². The van der Waals surface area contributed by atoms with Gasteiger partial charge in [-0.2, -0.15) is 0 Å². The normalized spacial score (nSPS) is 17.3. The van der Waals surface area contributed by atoms with E-state index in [1.165, 1.54) is 84.7 Å². The summed E-state index contributed by atoms with van der Waals surface area (Å²) in [6.45, 7) is 13.9. The summed E-state index contributed by atoms with van der Waals surface area (Å²) in [5.74, 6) is -5.86. The molecule has 0 aromatic rings. The van der Waals surface area contributed by atoms with E-state index in [4.69, 9.17) is 9.47 Å². The first-order valence-electron chi connectivity index (χ1n) is 24.9. The Balaban J connectivity index is 2.87. The van der Waals surface area contributed by atoms with Crippen molar-refractivity contribution in [3.05, 3.63) is 0 Å². The van der Waals surface area contributed by atoms with E-state index < -0.39 is 102 Å². The second kappa shape index (κ2) is 33.8. The molecule has 384 valence electrons. The van der Waals surface area contributed by atoms with Crippen LogP contribution in [-0.2, 0) is 52.6 Å². The number of nitrogens with zero attached hydrogens (tertiary/aromatic N) is 2. The molecule has 1 heterocycles. The average Bonchev–Trinajstić information content (AvgIpc) is 3.57. The molecule has 6 N–H and O–H groups in total. The van der Waals surface area contributed by atoms with E-state index in [2.05, 4.69) is 38.8 Å². The molecule has 0 aromatic heterocycles. The van der Waals surface area contributed by atoms with Gasteiger partial charge in [0.25, 0.3) is 5.91 Å². The maximum atomic E-state index is 13.8. The number of unbranched alkanes of at least 4 members (excludes halogenated alkanes) is 12. The third-order valence-corrected chi connectivity index (χ3v) is 12.1. The van der Waals surface area contributed by atoms with E-state index in [1.54, 1.807) is 13.8 Å². The summed E-state index contributed by atoms with van der Waals surface area (Å²) in [5, 5.41) is 15.4. The Labute approximate surface area is 399 Å². The van der Waals surface area contributed by atoms with Gasteiger partial charge in [-0.15, -0.1) is 0 Å². The molecule has 0 radical (unpaired) electrons. The van der Waals surface area contributed by atoms with Gasteiger partial charge in [0.05, 0.1) is 25.3 Å². The second-order valence-electron chi connectivity index (χ2n) is 17.9. The smallest absolute Gasteiger partial charge is 0.289 e. The zero-order chi connectivity index (χ0) is 50.5. The molecule has 67 heavy (non-hydrogen) atoms. The molecule has 0 aliphatic carbocycles. The van der Waals surface area contributed by atoms with Crippen molar-refractivity contribution in [2.75, 3.05) is 40.5 Å². The van der Waals surface area contributed by atoms with Crippen molar-refractivity contribution in [2.24, 2.45) is 0 Å². The summed E-state index contributed by atoms with van der Waals surface area (Å²) in [4.78, 5) is 120. The molecule has 0 aromatic carbocycles. The van der Waals surface area contributed by atoms with Gasteiger partial charge in [0, 0.05) is 39.8 Å². The van der Waals surface area contributed by atoms with Crippen LogP contribution in [0.1, 0.15) is 165 Å². The van der Waals surface area contributed by atoms with Crippen LogP contribution in [-0.4, -0.2) is 152 Å². The summed E-state index contributed by atoms with van der Waals surface area (Å²) >= 11 is 0. The summed E-state index contributed by atoms with van der Waals surface area (Å²) in [7, 11) is 2.68. The Hall–Kier alpha value is -4.65. The maximum Gasteiger partial charge on any atom is 0.289 e. The Kier molecular flexibility index (Phi) is 30.4. The molecule has 1 aliphatic heterocycles. The van der Waals surface area contributed by atoms with Gasteiger partial charge in [-0.1, -0.05) is 97.8 Å². The van der Waals surface area contributed by atoms with E-state index in [0.717, 1.165) is 43.4 Å². The highest BCUT2D eigenvalue weighted by Gasteiger charge is 2.44. The minimum atomic E-state index is -1.25. The number of carbonyl (C=O) groups is 9. The monoisotopic (exact) mass is 951 g/mol. The van der Waals surface area contributed by atoms with E-state index in [0.29, 0.717) is 19.4 Å². The van der Waals surface area contributed by atoms with Gasteiger partial charge in [-0.25, -0.2) is 0 Å². The summed E-state index contributed by atoms with van der Waals surface area (Å²) < 4.78 is 11.6. The Morgan fingerprint density at radius 3 is 1.82 bits per heavy atom. The van der Waals surface area contributed by atoms with Crippen LogP contribution < -0.4 is 31.9 Å².